The first kappa shape index (κ1) is 15.5. The molecule has 0 unspecified atom stereocenters. The molecule has 0 saturated heterocycles. The Balaban J connectivity index is 2.01. The lowest BCUT2D eigenvalue weighted by molar-refractivity contribution is 0.163. The Morgan fingerprint density at radius 1 is 1.19 bits per heavy atom. The van der Waals surface area contributed by atoms with E-state index in [-0.39, 0.29) is 0 Å². The summed E-state index contributed by atoms with van der Waals surface area (Å²) in [6.45, 7) is 3.45. The molecule has 5 heteroatoms. The molecule has 1 aromatic heterocycles. The second kappa shape index (κ2) is 7.81. The maximum atomic E-state index is 5.29. The second-order valence-corrected chi connectivity index (χ2v) is 4.97. The van der Waals surface area contributed by atoms with Crippen LogP contribution in [-0.4, -0.2) is 57.4 Å². The van der Waals surface area contributed by atoms with Crippen molar-refractivity contribution in [1.29, 1.82) is 0 Å². The van der Waals surface area contributed by atoms with Crippen molar-refractivity contribution in [2.24, 2.45) is 0 Å². The van der Waals surface area contributed by atoms with Gasteiger partial charge in [-0.3, -0.25) is 0 Å². The largest absolute Gasteiger partial charge is 0.497 e. The third-order valence-corrected chi connectivity index (χ3v) is 3.44. The lowest BCUT2D eigenvalue weighted by atomic mass is 10.1. The number of fused-ring (bicyclic) bond motifs is 1. The fourth-order valence-corrected chi connectivity index (χ4v) is 2.14. The molecule has 0 bridgehead atoms. The molecule has 1 heterocycles. The van der Waals surface area contributed by atoms with Gasteiger partial charge >= 0.3 is 0 Å². The highest BCUT2D eigenvalue weighted by Gasteiger charge is 2.04. The number of rotatable bonds is 8. The van der Waals surface area contributed by atoms with Gasteiger partial charge in [-0.25, -0.2) is 4.98 Å². The highest BCUT2D eigenvalue weighted by Crippen LogP contribution is 2.25. The molecule has 0 atom stereocenters. The number of benzene rings is 1. The van der Waals surface area contributed by atoms with Crippen molar-refractivity contribution < 1.29 is 9.47 Å². The number of nitrogens with zero attached hydrogens (tertiary/aromatic N) is 2. The van der Waals surface area contributed by atoms with Crippen LogP contribution in [0.4, 0.5) is 5.82 Å². The lowest BCUT2D eigenvalue weighted by Crippen LogP contribution is -2.28. The molecule has 0 fully saturated rings. The molecule has 0 aliphatic heterocycles. The van der Waals surface area contributed by atoms with E-state index in [1.807, 2.05) is 30.5 Å². The molecule has 5 nitrogen and oxygen atoms in total. The summed E-state index contributed by atoms with van der Waals surface area (Å²) in [5, 5.41) is 5.63. The summed E-state index contributed by atoms with van der Waals surface area (Å²) in [6, 6.07) is 8.03. The molecule has 0 aliphatic carbocycles. The van der Waals surface area contributed by atoms with Crippen molar-refractivity contribution in [2.75, 3.05) is 52.8 Å². The second-order valence-electron chi connectivity index (χ2n) is 4.97. The molecular formula is C16H23N3O2. The average molecular weight is 289 g/mol. The third-order valence-electron chi connectivity index (χ3n) is 3.44. The molecule has 114 valence electrons. The quantitative estimate of drug-likeness (QED) is 0.807. The minimum Gasteiger partial charge on any atom is -0.497 e. The van der Waals surface area contributed by atoms with Crippen LogP contribution in [0.5, 0.6) is 5.75 Å². The summed E-state index contributed by atoms with van der Waals surface area (Å²) in [4.78, 5) is 6.66. The summed E-state index contributed by atoms with van der Waals surface area (Å²) in [5.41, 5.74) is 0. The number of hydrogen-bond donors (Lipinski definition) is 1. The standard InChI is InChI=1S/C16H23N3O2/c1-19(10-11-20-2)9-8-18-16-15-12-14(21-3)5-4-13(15)6-7-17-16/h4-7,12H,8-11H2,1-3H3,(H,17,18). The molecular weight excluding hydrogens is 266 g/mol. The predicted octanol–water partition coefficient (Wildman–Crippen LogP) is 2.23. The monoisotopic (exact) mass is 289 g/mol. The third kappa shape index (κ3) is 4.31. The van der Waals surface area contributed by atoms with Gasteiger partial charge in [0.1, 0.15) is 11.6 Å². The Labute approximate surface area is 125 Å². The molecule has 1 aromatic carbocycles. The number of nitrogens with one attached hydrogen (secondary N) is 1. The highest BCUT2D eigenvalue weighted by atomic mass is 16.5. The molecule has 0 spiro atoms. The number of aromatic nitrogens is 1. The van der Waals surface area contributed by atoms with E-state index in [4.69, 9.17) is 9.47 Å². The van der Waals surface area contributed by atoms with Gasteiger partial charge in [0, 0.05) is 38.3 Å². The summed E-state index contributed by atoms with van der Waals surface area (Å²) in [7, 11) is 5.48. The SMILES string of the molecule is COCCN(C)CCNc1nccc2ccc(OC)cc12. The van der Waals surface area contributed by atoms with Gasteiger partial charge in [-0.15, -0.1) is 0 Å². The van der Waals surface area contributed by atoms with Gasteiger partial charge in [0.15, 0.2) is 0 Å². The average Bonchev–Trinajstić information content (AvgIpc) is 2.52. The van der Waals surface area contributed by atoms with Crippen molar-refractivity contribution in [1.82, 2.24) is 9.88 Å². The zero-order valence-electron chi connectivity index (χ0n) is 12.9. The molecule has 1 N–H and O–H groups in total. The van der Waals surface area contributed by atoms with Crippen LogP contribution in [0, 0.1) is 0 Å². The van der Waals surface area contributed by atoms with E-state index in [0.717, 1.165) is 48.6 Å². The number of likely N-dealkylation sites (N-methyl/N-ethyl adjacent to an activating group) is 1. The molecule has 0 amide bonds. The van der Waals surface area contributed by atoms with E-state index in [2.05, 4.69) is 22.2 Å². The van der Waals surface area contributed by atoms with Crippen LogP contribution in [0.15, 0.2) is 30.5 Å². The van der Waals surface area contributed by atoms with Crippen molar-refractivity contribution in [3.8, 4) is 5.75 Å². The number of ether oxygens (including phenoxy) is 2. The minimum atomic E-state index is 0.750. The molecule has 21 heavy (non-hydrogen) atoms. The Hall–Kier alpha value is -1.85. The number of hydrogen-bond acceptors (Lipinski definition) is 5. The molecule has 2 aromatic rings. The Bertz CT molecular complexity index is 574. The zero-order chi connectivity index (χ0) is 15.1. The summed E-state index contributed by atoms with van der Waals surface area (Å²) in [6.07, 6.45) is 1.83. The van der Waals surface area contributed by atoms with E-state index < -0.39 is 0 Å². The Morgan fingerprint density at radius 3 is 2.81 bits per heavy atom. The first-order valence-corrected chi connectivity index (χ1v) is 7.08. The molecule has 2 rings (SSSR count). The van der Waals surface area contributed by atoms with Crippen LogP contribution in [0.2, 0.25) is 0 Å². The molecule has 0 saturated carbocycles. The maximum Gasteiger partial charge on any atom is 0.133 e. The first-order chi connectivity index (χ1) is 10.2. The topological polar surface area (TPSA) is 46.6 Å². The first-order valence-electron chi connectivity index (χ1n) is 7.08. The number of pyridine rings is 1. The van der Waals surface area contributed by atoms with Crippen LogP contribution >= 0.6 is 0 Å². The van der Waals surface area contributed by atoms with Gasteiger partial charge in [-0.05, 0) is 30.6 Å². The number of methoxy groups -OCH3 is 2. The summed E-state index contributed by atoms with van der Waals surface area (Å²) in [5.74, 6) is 1.74. The minimum absolute atomic E-state index is 0.750. The molecule has 0 aliphatic rings. The van der Waals surface area contributed by atoms with Crippen LogP contribution in [-0.2, 0) is 4.74 Å². The van der Waals surface area contributed by atoms with Crippen molar-refractivity contribution in [2.45, 2.75) is 0 Å². The van der Waals surface area contributed by atoms with Crippen molar-refractivity contribution >= 4 is 16.6 Å². The summed E-state index contributed by atoms with van der Waals surface area (Å²) >= 11 is 0. The van der Waals surface area contributed by atoms with Gasteiger partial charge in [-0.2, -0.15) is 0 Å². The van der Waals surface area contributed by atoms with E-state index in [9.17, 15) is 0 Å². The lowest BCUT2D eigenvalue weighted by Gasteiger charge is -2.17. The Morgan fingerprint density at radius 2 is 2.05 bits per heavy atom. The van der Waals surface area contributed by atoms with Gasteiger partial charge in [0.05, 0.1) is 13.7 Å². The summed E-state index contributed by atoms with van der Waals surface area (Å²) < 4.78 is 10.4. The smallest absolute Gasteiger partial charge is 0.133 e. The molecule has 0 radical (unpaired) electrons. The fourth-order valence-electron chi connectivity index (χ4n) is 2.14. The van der Waals surface area contributed by atoms with Crippen molar-refractivity contribution in [3.63, 3.8) is 0 Å². The maximum absolute atomic E-state index is 5.29. The van der Waals surface area contributed by atoms with Gasteiger partial charge in [-0.1, -0.05) is 6.07 Å². The van der Waals surface area contributed by atoms with Crippen LogP contribution < -0.4 is 10.1 Å². The highest BCUT2D eigenvalue weighted by molar-refractivity contribution is 5.92. The van der Waals surface area contributed by atoms with Gasteiger partial charge in [0.25, 0.3) is 0 Å². The zero-order valence-corrected chi connectivity index (χ0v) is 12.9. The van der Waals surface area contributed by atoms with E-state index >= 15 is 0 Å². The Kier molecular flexibility index (Phi) is 5.78. The van der Waals surface area contributed by atoms with Crippen LogP contribution in [0.1, 0.15) is 0 Å². The van der Waals surface area contributed by atoms with Crippen LogP contribution in [0.3, 0.4) is 0 Å². The van der Waals surface area contributed by atoms with Crippen LogP contribution in [0.25, 0.3) is 10.8 Å². The van der Waals surface area contributed by atoms with E-state index in [1.54, 1.807) is 14.2 Å². The van der Waals surface area contributed by atoms with Gasteiger partial charge in [0.2, 0.25) is 0 Å². The van der Waals surface area contributed by atoms with E-state index in [1.165, 1.54) is 0 Å². The fraction of sp³-hybridized carbons (Fsp3) is 0.438. The van der Waals surface area contributed by atoms with Crippen molar-refractivity contribution in [3.05, 3.63) is 30.5 Å². The van der Waals surface area contributed by atoms with Gasteiger partial charge < -0.3 is 19.7 Å². The predicted molar refractivity (Wildman–Crippen MR) is 86.2 cm³/mol. The van der Waals surface area contributed by atoms with E-state index in [0.29, 0.717) is 0 Å². The number of anilines is 1. The normalized spacial score (nSPS) is 11.0.